The Kier molecular flexibility index (Phi) is 7.25. The number of carbonyl (C=O) groups excluding carboxylic acids is 2. The van der Waals surface area contributed by atoms with E-state index < -0.39 is 6.10 Å². The molecule has 3 atom stereocenters. The van der Waals surface area contributed by atoms with Crippen LogP contribution in [0.1, 0.15) is 51.5 Å². The van der Waals surface area contributed by atoms with E-state index in [0.717, 1.165) is 43.4 Å². The van der Waals surface area contributed by atoms with Gasteiger partial charge in [-0.15, -0.1) is 0 Å². The Balaban J connectivity index is 1.83. The number of urea groups is 1. The average Bonchev–Trinajstić information content (AvgIpc) is 2.61. The van der Waals surface area contributed by atoms with Crippen molar-refractivity contribution in [2.24, 2.45) is 5.92 Å². The first-order chi connectivity index (χ1) is 12.0. The Morgan fingerprint density at radius 3 is 2.76 bits per heavy atom. The van der Waals surface area contributed by atoms with Gasteiger partial charge in [-0.3, -0.25) is 4.79 Å². The number of carbonyl (C=O) groups is 2. The van der Waals surface area contributed by atoms with Crippen LogP contribution in [0.5, 0.6) is 0 Å². The Morgan fingerprint density at radius 1 is 1.28 bits per heavy atom. The van der Waals surface area contributed by atoms with Crippen LogP contribution in [0.4, 0.5) is 10.5 Å². The zero-order valence-electron chi connectivity index (χ0n) is 15.0. The van der Waals surface area contributed by atoms with Crippen molar-refractivity contribution in [1.82, 2.24) is 10.6 Å². The van der Waals surface area contributed by atoms with E-state index in [9.17, 15) is 14.7 Å². The molecule has 1 saturated carbocycles. The number of anilines is 1. The molecular weight excluding hydrogens is 318 g/mol. The number of amides is 3. The summed E-state index contributed by atoms with van der Waals surface area (Å²) in [5, 5.41) is 18.4. The minimum Gasteiger partial charge on any atom is -0.391 e. The van der Waals surface area contributed by atoms with E-state index >= 15 is 0 Å². The van der Waals surface area contributed by atoms with Gasteiger partial charge in [0.25, 0.3) is 0 Å². The van der Waals surface area contributed by atoms with Gasteiger partial charge in [-0.25, -0.2) is 4.79 Å². The third kappa shape index (κ3) is 6.05. The molecule has 1 unspecified atom stereocenters. The van der Waals surface area contributed by atoms with Gasteiger partial charge in [0, 0.05) is 18.2 Å². The van der Waals surface area contributed by atoms with Gasteiger partial charge in [-0.2, -0.15) is 0 Å². The van der Waals surface area contributed by atoms with E-state index in [4.69, 9.17) is 0 Å². The molecule has 0 aromatic heterocycles. The Labute approximate surface area is 149 Å². The SMILES string of the molecule is CCC(C)C(=O)Nc1cccc(CNC(=O)N[C@H]2CCCC[C@@H]2O)c1. The van der Waals surface area contributed by atoms with Crippen LogP contribution in [-0.4, -0.2) is 29.2 Å². The number of hydrogen-bond donors (Lipinski definition) is 4. The van der Waals surface area contributed by atoms with Gasteiger partial charge in [-0.1, -0.05) is 38.8 Å². The standard InChI is InChI=1S/C19H29N3O3/c1-3-13(2)18(24)21-15-8-6-7-14(11-15)12-20-19(25)22-16-9-4-5-10-17(16)23/h6-8,11,13,16-17,23H,3-5,9-10,12H2,1-2H3,(H,21,24)(H2,20,22,25)/t13?,16-,17-/m0/s1. The van der Waals surface area contributed by atoms with Crippen molar-refractivity contribution in [3.63, 3.8) is 0 Å². The summed E-state index contributed by atoms with van der Waals surface area (Å²) < 4.78 is 0. The fourth-order valence-electron chi connectivity index (χ4n) is 2.89. The average molecular weight is 347 g/mol. The summed E-state index contributed by atoms with van der Waals surface area (Å²) in [6, 6.07) is 6.99. The molecule has 1 aliphatic rings. The molecule has 1 aromatic rings. The van der Waals surface area contributed by atoms with Crippen LogP contribution >= 0.6 is 0 Å². The Bertz CT molecular complexity index is 591. The summed E-state index contributed by atoms with van der Waals surface area (Å²) in [6.45, 7) is 4.24. The van der Waals surface area contributed by atoms with Gasteiger partial charge < -0.3 is 21.1 Å². The topological polar surface area (TPSA) is 90.5 Å². The molecule has 3 amide bonds. The molecule has 0 bridgehead atoms. The second-order valence-electron chi connectivity index (χ2n) is 6.78. The molecule has 0 radical (unpaired) electrons. The minimum atomic E-state index is -0.460. The summed E-state index contributed by atoms with van der Waals surface area (Å²) in [4.78, 5) is 24.0. The maximum absolute atomic E-state index is 12.0. The summed E-state index contributed by atoms with van der Waals surface area (Å²) in [5.41, 5.74) is 1.63. The predicted molar refractivity (Wildman–Crippen MR) is 98.2 cm³/mol. The van der Waals surface area contributed by atoms with Gasteiger partial charge in [0.15, 0.2) is 0 Å². The maximum atomic E-state index is 12.0. The highest BCUT2D eigenvalue weighted by atomic mass is 16.3. The van der Waals surface area contributed by atoms with Crippen LogP contribution < -0.4 is 16.0 Å². The van der Waals surface area contributed by atoms with Crippen LogP contribution in [0.25, 0.3) is 0 Å². The largest absolute Gasteiger partial charge is 0.391 e. The highest BCUT2D eigenvalue weighted by Crippen LogP contribution is 2.18. The molecule has 25 heavy (non-hydrogen) atoms. The van der Waals surface area contributed by atoms with Crippen molar-refractivity contribution in [3.8, 4) is 0 Å². The monoisotopic (exact) mass is 347 g/mol. The number of rotatable bonds is 6. The molecule has 6 nitrogen and oxygen atoms in total. The lowest BCUT2D eigenvalue weighted by Gasteiger charge is -2.28. The first kappa shape index (κ1) is 19.2. The molecule has 1 fully saturated rings. The van der Waals surface area contributed by atoms with E-state index in [1.54, 1.807) is 0 Å². The molecule has 6 heteroatoms. The van der Waals surface area contributed by atoms with E-state index in [0.29, 0.717) is 6.54 Å². The number of hydrogen-bond acceptors (Lipinski definition) is 3. The van der Waals surface area contributed by atoms with E-state index in [-0.39, 0.29) is 23.9 Å². The predicted octanol–water partition coefficient (Wildman–Crippen LogP) is 2.77. The lowest BCUT2D eigenvalue weighted by Crippen LogP contribution is -2.48. The molecule has 1 aliphatic carbocycles. The van der Waals surface area contributed by atoms with Crippen molar-refractivity contribution in [2.45, 2.75) is 64.6 Å². The number of aliphatic hydroxyl groups is 1. The molecule has 0 saturated heterocycles. The lowest BCUT2D eigenvalue weighted by molar-refractivity contribution is -0.119. The fourth-order valence-corrected chi connectivity index (χ4v) is 2.89. The van der Waals surface area contributed by atoms with Crippen LogP contribution in [-0.2, 0) is 11.3 Å². The quantitative estimate of drug-likeness (QED) is 0.638. The number of benzene rings is 1. The van der Waals surface area contributed by atoms with Gasteiger partial charge in [0.1, 0.15) is 0 Å². The van der Waals surface area contributed by atoms with E-state index in [2.05, 4.69) is 16.0 Å². The van der Waals surface area contributed by atoms with E-state index in [1.165, 1.54) is 0 Å². The van der Waals surface area contributed by atoms with Crippen molar-refractivity contribution in [2.75, 3.05) is 5.32 Å². The van der Waals surface area contributed by atoms with Gasteiger partial charge in [0.2, 0.25) is 5.91 Å². The Hall–Kier alpha value is -2.08. The smallest absolute Gasteiger partial charge is 0.315 e. The van der Waals surface area contributed by atoms with Crippen LogP contribution in [0.15, 0.2) is 24.3 Å². The summed E-state index contributed by atoms with van der Waals surface area (Å²) >= 11 is 0. The van der Waals surface area contributed by atoms with Crippen molar-refractivity contribution in [3.05, 3.63) is 29.8 Å². The van der Waals surface area contributed by atoms with Crippen LogP contribution in [0.3, 0.4) is 0 Å². The summed E-state index contributed by atoms with van der Waals surface area (Å²) in [7, 11) is 0. The first-order valence-electron chi connectivity index (χ1n) is 9.11. The highest BCUT2D eigenvalue weighted by molar-refractivity contribution is 5.92. The maximum Gasteiger partial charge on any atom is 0.315 e. The molecule has 2 rings (SSSR count). The van der Waals surface area contributed by atoms with Crippen molar-refractivity contribution in [1.29, 1.82) is 0 Å². The summed E-state index contributed by atoms with van der Waals surface area (Å²) in [6.07, 6.45) is 3.92. The number of aliphatic hydroxyl groups excluding tert-OH is 1. The lowest BCUT2D eigenvalue weighted by atomic mass is 9.93. The zero-order valence-corrected chi connectivity index (χ0v) is 15.0. The molecule has 1 aromatic carbocycles. The zero-order chi connectivity index (χ0) is 18.2. The van der Waals surface area contributed by atoms with E-state index in [1.807, 2.05) is 38.1 Å². The third-order valence-electron chi connectivity index (χ3n) is 4.75. The normalized spacial score (nSPS) is 21.2. The van der Waals surface area contributed by atoms with Crippen LogP contribution in [0.2, 0.25) is 0 Å². The minimum absolute atomic E-state index is 0.00311. The summed E-state index contributed by atoms with van der Waals surface area (Å²) in [5.74, 6) is -0.0360. The second kappa shape index (κ2) is 9.42. The van der Waals surface area contributed by atoms with Gasteiger partial charge in [0.05, 0.1) is 12.1 Å². The molecule has 0 spiro atoms. The Morgan fingerprint density at radius 2 is 2.04 bits per heavy atom. The van der Waals surface area contributed by atoms with Crippen molar-refractivity contribution >= 4 is 17.6 Å². The van der Waals surface area contributed by atoms with Crippen LogP contribution in [0, 0.1) is 5.92 Å². The molecular formula is C19H29N3O3. The second-order valence-corrected chi connectivity index (χ2v) is 6.78. The third-order valence-corrected chi connectivity index (χ3v) is 4.75. The molecule has 0 aliphatic heterocycles. The molecule has 4 N–H and O–H groups in total. The first-order valence-corrected chi connectivity index (χ1v) is 9.11. The van der Waals surface area contributed by atoms with Crippen molar-refractivity contribution < 1.29 is 14.7 Å². The number of nitrogens with one attached hydrogen (secondary N) is 3. The molecule has 0 heterocycles. The molecule has 138 valence electrons. The van der Waals surface area contributed by atoms with Gasteiger partial charge >= 0.3 is 6.03 Å². The van der Waals surface area contributed by atoms with Gasteiger partial charge in [-0.05, 0) is 37.0 Å². The fraction of sp³-hybridized carbons (Fsp3) is 0.579. The highest BCUT2D eigenvalue weighted by Gasteiger charge is 2.24.